The minimum Gasteiger partial charge on any atom is -0.490 e. The SMILES string of the molecule is CC(C)(C)OC(=O)N1CC(C)(C(=O)c2ccc(OC3CCC3)cc2)C1. The molecule has 3 rings (SSSR count). The molecule has 0 spiro atoms. The average Bonchev–Trinajstić information content (AvgIpc) is 2.46. The number of carbonyl (C=O) groups is 2. The van der Waals surface area contributed by atoms with Crippen LogP contribution in [0, 0.1) is 5.41 Å². The zero-order chi connectivity index (χ0) is 18.2. The zero-order valence-electron chi connectivity index (χ0n) is 15.5. The molecule has 0 unspecified atom stereocenters. The van der Waals surface area contributed by atoms with E-state index in [1.807, 2.05) is 52.0 Å². The summed E-state index contributed by atoms with van der Waals surface area (Å²) in [6.07, 6.45) is 3.42. The van der Waals surface area contributed by atoms with Crippen LogP contribution in [-0.4, -0.2) is 41.6 Å². The zero-order valence-corrected chi connectivity index (χ0v) is 15.5. The number of Topliss-reactive ketones (excluding diaryl/α,β-unsaturated/α-hetero) is 1. The Kier molecular flexibility index (Phi) is 4.52. The van der Waals surface area contributed by atoms with Crippen molar-refractivity contribution < 1.29 is 19.1 Å². The van der Waals surface area contributed by atoms with E-state index in [1.54, 1.807) is 4.90 Å². The van der Waals surface area contributed by atoms with E-state index in [0.29, 0.717) is 24.8 Å². The topological polar surface area (TPSA) is 55.8 Å². The number of carbonyl (C=O) groups excluding carboxylic acids is 2. The third kappa shape index (κ3) is 3.97. The third-order valence-electron chi connectivity index (χ3n) is 4.75. The number of hydrogen-bond donors (Lipinski definition) is 0. The van der Waals surface area contributed by atoms with E-state index in [9.17, 15) is 9.59 Å². The highest BCUT2D eigenvalue weighted by molar-refractivity contribution is 6.02. The van der Waals surface area contributed by atoms with Crippen LogP contribution < -0.4 is 4.74 Å². The summed E-state index contributed by atoms with van der Waals surface area (Å²) in [7, 11) is 0. The lowest BCUT2D eigenvalue weighted by Crippen LogP contribution is -2.61. The van der Waals surface area contributed by atoms with Crippen LogP contribution in [0.3, 0.4) is 0 Å². The van der Waals surface area contributed by atoms with Crippen LogP contribution >= 0.6 is 0 Å². The van der Waals surface area contributed by atoms with Crippen molar-refractivity contribution in [2.75, 3.05) is 13.1 Å². The molecule has 0 bridgehead atoms. The van der Waals surface area contributed by atoms with Crippen molar-refractivity contribution in [2.24, 2.45) is 5.41 Å². The summed E-state index contributed by atoms with van der Waals surface area (Å²) >= 11 is 0. The van der Waals surface area contributed by atoms with Crippen LogP contribution in [0.25, 0.3) is 0 Å². The molecule has 2 aliphatic rings. The Morgan fingerprint density at radius 2 is 1.72 bits per heavy atom. The molecular formula is C20H27NO4. The van der Waals surface area contributed by atoms with Crippen molar-refractivity contribution >= 4 is 11.9 Å². The van der Waals surface area contributed by atoms with Gasteiger partial charge >= 0.3 is 6.09 Å². The highest BCUT2D eigenvalue weighted by Crippen LogP contribution is 2.35. The van der Waals surface area contributed by atoms with Gasteiger partial charge in [-0.2, -0.15) is 0 Å². The number of benzene rings is 1. The lowest BCUT2D eigenvalue weighted by Gasteiger charge is -2.46. The predicted molar refractivity (Wildman–Crippen MR) is 95.0 cm³/mol. The maximum Gasteiger partial charge on any atom is 0.410 e. The van der Waals surface area contributed by atoms with Crippen molar-refractivity contribution in [3.8, 4) is 5.75 Å². The van der Waals surface area contributed by atoms with Gasteiger partial charge in [-0.25, -0.2) is 4.79 Å². The van der Waals surface area contributed by atoms with Gasteiger partial charge in [0.2, 0.25) is 0 Å². The Balaban J connectivity index is 1.57. The summed E-state index contributed by atoms with van der Waals surface area (Å²) in [6.45, 7) is 8.18. The Labute approximate surface area is 149 Å². The van der Waals surface area contributed by atoms with Crippen molar-refractivity contribution in [1.29, 1.82) is 0 Å². The van der Waals surface area contributed by atoms with Gasteiger partial charge in [0.05, 0.1) is 11.5 Å². The fourth-order valence-corrected chi connectivity index (χ4v) is 3.11. The van der Waals surface area contributed by atoms with Gasteiger partial charge in [-0.15, -0.1) is 0 Å². The van der Waals surface area contributed by atoms with Crippen molar-refractivity contribution in [1.82, 2.24) is 4.90 Å². The molecule has 1 saturated carbocycles. The van der Waals surface area contributed by atoms with Crippen LogP contribution in [0.1, 0.15) is 57.3 Å². The molecule has 1 aromatic rings. The van der Waals surface area contributed by atoms with Gasteiger partial charge in [-0.3, -0.25) is 4.79 Å². The predicted octanol–water partition coefficient (Wildman–Crippen LogP) is 4.06. The van der Waals surface area contributed by atoms with Gasteiger partial charge in [0.25, 0.3) is 0 Å². The molecule has 1 aliphatic carbocycles. The van der Waals surface area contributed by atoms with Crippen LogP contribution in [-0.2, 0) is 4.74 Å². The highest BCUT2D eigenvalue weighted by atomic mass is 16.6. The molecule has 1 aliphatic heterocycles. The second-order valence-electron chi connectivity index (χ2n) is 8.42. The lowest BCUT2D eigenvalue weighted by molar-refractivity contribution is -0.0197. The molecule has 1 heterocycles. The van der Waals surface area contributed by atoms with Gasteiger partial charge < -0.3 is 14.4 Å². The van der Waals surface area contributed by atoms with E-state index >= 15 is 0 Å². The number of nitrogens with zero attached hydrogens (tertiary/aromatic N) is 1. The Morgan fingerprint density at radius 3 is 2.20 bits per heavy atom. The first-order valence-electron chi connectivity index (χ1n) is 8.96. The molecule has 0 radical (unpaired) electrons. The second kappa shape index (κ2) is 6.36. The minimum absolute atomic E-state index is 0.0579. The van der Waals surface area contributed by atoms with Crippen LogP contribution in [0.5, 0.6) is 5.75 Å². The summed E-state index contributed by atoms with van der Waals surface area (Å²) < 4.78 is 11.2. The molecule has 25 heavy (non-hydrogen) atoms. The molecule has 0 aromatic heterocycles. The van der Waals surface area contributed by atoms with Gasteiger partial charge in [0.1, 0.15) is 11.4 Å². The molecule has 5 heteroatoms. The molecule has 1 aromatic carbocycles. The van der Waals surface area contributed by atoms with Crippen molar-refractivity contribution in [3.63, 3.8) is 0 Å². The molecule has 2 fully saturated rings. The standard InChI is InChI=1S/C20H27NO4/c1-19(2,3)25-18(23)21-12-20(4,13-21)17(22)14-8-10-16(11-9-14)24-15-6-5-7-15/h8-11,15H,5-7,12-13H2,1-4H3. The van der Waals surface area contributed by atoms with Gasteiger partial charge in [0.15, 0.2) is 5.78 Å². The van der Waals surface area contributed by atoms with Gasteiger partial charge in [-0.05, 0) is 71.2 Å². The Bertz CT molecular complexity index is 649. The fraction of sp³-hybridized carbons (Fsp3) is 0.600. The number of likely N-dealkylation sites (tertiary alicyclic amines) is 1. The molecule has 1 saturated heterocycles. The van der Waals surface area contributed by atoms with Crippen LogP contribution in [0.4, 0.5) is 4.79 Å². The van der Waals surface area contributed by atoms with E-state index in [-0.39, 0.29) is 11.9 Å². The number of ether oxygens (including phenoxy) is 2. The summed E-state index contributed by atoms with van der Waals surface area (Å²) in [5.41, 5.74) is -0.413. The first-order valence-corrected chi connectivity index (χ1v) is 8.96. The third-order valence-corrected chi connectivity index (χ3v) is 4.75. The first-order chi connectivity index (χ1) is 11.7. The summed E-state index contributed by atoms with van der Waals surface area (Å²) in [4.78, 5) is 26.4. The summed E-state index contributed by atoms with van der Waals surface area (Å²) in [5, 5.41) is 0. The van der Waals surface area contributed by atoms with Crippen molar-refractivity contribution in [2.45, 2.75) is 58.7 Å². The van der Waals surface area contributed by atoms with E-state index in [0.717, 1.165) is 18.6 Å². The number of amides is 1. The second-order valence-corrected chi connectivity index (χ2v) is 8.42. The normalized spacial score (nSPS) is 19.6. The smallest absolute Gasteiger partial charge is 0.410 e. The quantitative estimate of drug-likeness (QED) is 0.772. The van der Waals surface area contributed by atoms with Gasteiger partial charge in [0, 0.05) is 18.7 Å². The summed E-state index contributed by atoms with van der Waals surface area (Å²) in [6, 6.07) is 7.36. The van der Waals surface area contributed by atoms with E-state index < -0.39 is 11.0 Å². The summed E-state index contributed by atoms with van der Waals surface area (Å²) in [5.74, 6) is 0.873. The molecule has 0 N–H and O–H groups in total. The van der Waals surface area contributed by atoms with Crippen LogP contribution in [0.15, 0.2) is 24.3 Å². The van der Waals surface area contributed by atoms with Crippen molar-refractivity contribution in [3.05, 3.63) is 29.8 Å². The van der Waals surface area contributed by atoms with E-state index in [1.165, 1.54) is 6.42 Å². The number of rotatable bonds is 4. The molecule has 5 nitrogen and oxygen atoms in total. The first kappa shape index (κ1) is 17.8. The minimum atomic E-state index is -0.548. The highest BCUT2D eigenvalue weighted by Gasteiger charge is 2.48. The van der Waals surface area contributed by atoms with Crippen LogP contribution in [0.2, 0.25) is 0 Å². The molecule has 136 valence electrons. The lowest BCUT2D eigenvalue weighted by atomic mass is 9.75. The molecule has 0 atom stereocenters. The molecule has 1 amide bonds. The largest absolute Gasteiger partial charge is 0.490 e. The maximum absolute atomic E-state index is 12.8. The Hall–Kier alpha value is -2.04. The fourth-order valence-electron chi connectivity index (χ4n) is 3.11. The maximum atomic E-state index is 12.8. The van der Waals surface area contributed by atoms with Gasteiger partial charge in [-0.1, -0.05) is 0 Å². The Morgan fingerprint density at radius 1 is 1.12 bits per heavy atom. The average molecular weight is 345 g/mol. The van der Waals surface area contributed by atoms with E-state index in [2.05, 4.69) is 0 Å². The monoisotopic (exact) mass is 345 g/mol. The molecular weight excluding hydrogens is 318 g/mol. The number of ketones is 1. The number of hydrogen-bond acceptors (Lipinski definition) is 4. The van der Waals surface area contributed by atoms with E-state index in [4.69, 9.17) is 9.47 Å².